The molecule has 36 heavy (non-hydrogen) atoms. The molecule has 0 aromatic carbocycles. The SMILES string of the molecule is Cn1cc(CN2CCN(CC3CC3)c3ncccc3C2)cn1.O=C(O)C(F)(F)F.O=C(O)C(F)(F)F. The Balaban J connectivity index is 0.000000271. The highest BCUT2D eigenvalue weighted by Gasteiger charge is 2.38. The third kappa shape index (κ3) is 9.71. The van der Waals surface area contributed by atoms with Crippen LogP contribution in [0.25, 0.3) is 0 Å². The molecular formula is C21H25F6N5O4. The Kier molecular flexibility index (Phi) is 9.67. The molecule has 1 saturated carbocycles. The van der Waals surface area contributed by atoms with Gasteiger partial charge in [0.2, 0.25) is 0 Å². The molecule has 0 amide bonds. The van der Waals surface area contributed by atoms with E-state index >= 15 is 0 Å². The predicted molar refractivity (Wildman–Crippen MR) is 114 cm³/mol. The van der Waals surface area contributed by atoms with Gasteiger partial charge in [0.05, 0.1) is 6.20 Å². The van der Waals surface area contributed by atoms with Gasteiger partial charge in [-0.05, 0) is 24.8 Å². The van der Waals surface area contributed by atoms with Crippen LogP contribution < -0.4 is 4.90 Å². The first-order chi connectivity index (χ1) is 16.7. The summed E-state index contributed by atoms with van der Waals surface area (Å²) < 4.78 is 65.3. The van der Waals surface area contributed by atoms with Crippen molar-refractivity contribution in [2.45, 2.75) is 38.3 Å². The van der Waals surface area contributed by atoms with Crippen LogP contribution in [0.3, 0.4) is 0 Å². The topological polar surface area (TPSA) is 112 Å². The number of aryl methyl sites for hydroxylation is 1. The van der Waals surface area contributed by atoms with E-state index in [0.29, 0.717) is 0 Å². The van der Waals surface area contributed by atoms with Gasteiger partial charge >= 0.3 is 24.3 Å². The lowest BCUT2D eigenvalue weighted by Gasteiger charge is -2.23. The fourth-order valence-corrected chi connectivity index (χ4v) is 3.26. The summed E-state index contributed by atoms with van der Waals surface area (Å²) in [6.45, 7) is 5.25. The molecule has 15 heteroatoms. The second-order valence-corrected chi connectivity index (χ2v) is 8.21. The van der Waals surface area contributed by atoms with Crippen molar-refractivity contribution in [1.29, 1.82) is 0 Å². The van der Waals surface area contributed by atoms with Gasteiger partial charge in [0, 0.05) is 63.3 Å². The molecule has 200 valence electrons. The summed E-state index contributed by atoms with van der Waals surface area (Å²) in [7, 11) is 1.97. The van der Waals surface area contributed by atoms with Crippen molar-refractivity contribution in [3.63, 3.8) is 0 Å². The van der Waals surface area contributed by atoms with Crippen LogP contribution in [-0.2, 0) is 29.7 Å². The number of anilines is 1. The van der Waals surface area contributed by atoms with Crippen molar-refractivity contribution in [3.8, 4) is 0 Å². The first-order valence-corrected chi connectivity index (χ1v) is 10.7. The van der Waals surface area contributed by atoms with Crippen molar-refractivity contribution in [2.24, 2.45) is 13.0 Å². The molecule has 1 aliphatic carbocycles. The predicted octanol–water partition coefficient (Wildman–Crippen LogP) is 3.31. The van der Waals surface area contributed by atoms with Gasteiger partial charge in [0.1, 0.15) is 5.82 Å². The second kappa shape index (κ2) is 12.1. The van der Waals surface area contributed by atoms with Crippen LogP contribution in [0.1, 0.15) is 24.0 Å². The van der Waals surface area contributed by atoms with E-state index in [1.807, 2.05) is 24.1 Å². The van der Waals surface area contributed by atoms with Crippen LogP contribution in [0, 0.1) is 5.92 Å². The Hall–Kier alpha value is -3.36. The first kappa shape index (κ1) is 28.9. The van der Waals surface area contributed by atoms with Crippen LogP contribution in [0.4, 0.5) is 32.2 Å². The monoisotopic (exact) mass is 525 g/mol. The number of halogens is 6. The number of carboxylic acids is 2. The molecule has 2 aromatic rings. The molecule has 2 N–H and O–H groups in total. The van der Waals surface area contributed by atoms with E-state index in [0.717, 1.165) is 32.1 Å². The molecule has 1 aliphatic heterocycles. The van der Waals surface area contributed by atoms with Crippen molar-refractivity contribution in [2.75, 3.05) is 24.5 Å². The molecule has 2 aliphatic rings. The first-order valence-electron chi connectivity index (χ1n) is 10.7. The molecule has 1 fully saturated rings. The highest BCUT2D eigenvalue weighted by molar-refractivity contribution is 5.73. The molecule has 0 saturated heterocycles. The van der Waals surface area contributed by atoms with E-state index < -0.39 is 24.3 Å². The van der Waals surface area contributed by atoms with Crippen LogP contribution in [0.2, 0.25) is 0 Å². The summed E-state index contributed by atoms with van der Waals surface area (Å²) in [6.07, 6.45) is -1.39. The van der Waals surface area contributed by atoms with Crippen molar-refractivity contribution < 1.29 is 46.1 Å². The Bertz CT molecular complexity index is 999. The number of pyridine rings is 1. The Morgan fingerprint density at radius 1 is 1.06 bits per heavy atom. The van der Waals surface area contributed by atoms with Crippen LogP contribution in [0.15, 0.2) is 30.7 Å². The van der Waals surface area contributed by atoms with Crippen molar-refractivity contribution in [1.82, 2.24) is 19.7 Å². The van der Waals surface area contributed by atoms with E-state index in [2.05, 4.69) is 38.2 Å². The number of aliphatic carboxylic acids is 2. The van der Waals surface area contributed by atoms with Gasteiger partial charge in [0.15, 0.2) is 0 Å². The maximum atomic E-state index is 10.6. The second-order valence-electron chi connectivity index (χ2n) is 8.21. The Labute approximate surface area is 201 Å². The molecule has 3 heterocycles. The van der Waals surface area contributed by atoms with Crippen LogP contribution >= 0.6 is 0 Å². The lowest BCUT2D eigenvalue weighted by atomic mass is 10.2. The largest absolute Gasteiger partial charge is 0.490 e. The molecule has 0 atom stereocenters. The van der Waals surface area contributed by atoms with Gasteiger partial charge in [-0.2, -0.15) is 31.4 Å². The summed E-state index contributed by atoms with van der Waals surface area (Å²) in [5.41, 5.74) is 2.63. The van der Waals surface area contributed by atoms with Gasteiger partial charge in [-0.1, -0.05) is 6.07 Å². The number of hydrogen-bond acceptors (Lipinski definition) is 6. The fraction of sp³-hybridized carbons (Fsp3) is 0.524. The zero-order valence-corrected chi connectivity index (χ0v) is 19.1. The number of fused-ring (bicyclic) bond motifs is 1. The van der Waals surface area contributed by atoms with Crippen LogP contribution in [0.5, 0.6) is 0 Å². The quantitative estimate of drug-likeness (QED) is 0.585. The summed E-state index contributed by atoms with van der Waals surface area (Å²) in [4.78, 5) is 27.5. The number of alkyl halides is 6. The summed E-state index contributed by atoms with van der Waals surface area (Å²) in [5, 5.41) is 18.5. The molecule has 0 bridgehead atoms. The lowest BCUT2D eigenvalue weighted by molar-refractivity contribution is -0.193. The molecule has 4 rings (SSSR count). The Morgan fingerprint density at radius 2 is 1.64 bits per heavy atom. The maximum Gasteiger partial charge on any atom is 0.490 e. The van der Waals surface area contributed by atoms with Crippen LogP contribution in [-0.4, -0.2) is 73.8 Å². The average molecular weight is 525 g/mol. The molecule has 0 unspecified atom stereocenters. The minimum absolute atomic E-state index is 0.889. The fourth-order valence-electron chi connectivity index (χ4n) is 3.26. The third-order valence-corrected chi connectivity index (χ3v) is 5.07. The van der Waals surface area contributed by atoms with Gasteiger partial charge in [0.25, 0.3) is 0 Å². The maximum absolute atomic E-state index is 10.6. The van der Waals surface area contributed by atoms with Gasteiger partial charge < -0.3 is 15.1 Å². The van der Waals surface area contributed by atoms with E-state index in [1.54, 1.807) is 0 Å². The Morgan fingerprint density at radius 3 is 2.11 bits per heavy atom. The molecular weight excluding hydrogens is 500 g/mol. The van der Waals surface area contributed by atoms with Gasteiger partial charge in [-0.25, -0.2) is 14.6 Å². The standard InChI is InChI=1S/C17H23N5.2C2HF3O2/c1-20-10-15(9-19-20)11-21-7-8-22(12-14-4-5-14)17-16(13-21)3-2-6-18-17;2*3-2(4,5)1(6)7/h2-3,6,9-10,14H,4-5,7-8,11-13H2,1H3;2*(H,6,7). The number of hydrogen-bond donors (Lipinski definition) is 2. The van der Waals surface area contributed by atoms with Crippen molar-refractivity contribution >= 4 is 17.8 Å². The minimum atomic E-state index is -5.08. The number of rotatable bonds is 4. The normalized spacial score (nSPS) is 16.0. The van der Waals surface area contributed by atoms with E-state index in [-0.39, 0.29) is 0 Å². The van der Waals surface area contributed by atoms with Gasteiger partial charge in [-0.15, -0.1) is 0 Å². The molecule has 0 spiro atoms. The average Bonchev–Trinajstić information content (AvgIpc) is 3.52. The molecule has 9 nitrogen and oxygen atoms in total. The molecule has 2 aromatic heterocycles. The summed E-state index contributed by atoms with van der Waals surface area (Å²) in [5.74, 6) is -3.43. The zero-order chi connectivity index (χ0) is 27.1. The zero-order valence-electron chi connectivity index (χ0n) is 19.1. The van der Waals surface area contributed by atoms with E-state index in [4.69, 9.17) is 19.8 Å². The number of carboxylic acid groups (broad SMARTS) is 2. The van der Waals surface area contributed by atoms with Gasteiger partial charge in [-0.3, -0.25) is 9.58 Å². The minimum Gasteiger partial charge on any atom is -0.475 e. The molecule has 0 radical (unpaired) electrons. The third-order valence-electron chi connectivity index (χ3n) is 5.07. The van der Waals surface area contributed by atoms with E-state index in [9.17, 15) is 26.3 Å². The number of aromatic nitrogens is 3. The highest BCUT2D eigenvalue weighted by atomic mass is 19.4. The summed E-state index contributed by atoms with van der Waals surface area (Å²) in [6, 6.07) is 4.28. The lowest BCUT2D eigenvalue weighted by Crippen LogP contribution is -2.32. The van der Waals surface area contributed by atoms with Crippen molar-refractivity contribution in [3.05, 3.63) is 41.9 Å². The highest BCUT2D eigenvalue weighted by Crippen LogP contribution is 2.33. The number of nitrogens with zero attached hydrogens (tertiary/aromatic N) is 5. The summed E-state index contributed by atoms with van der Waals surface area (Å²) >= 11 is 0. The van der Waals surface area contributed by atoms with E-state index in [1.165, 1.54) is 36.3 Å². The smallest absolute Gasteiger partial charge is 0.475 e. The number of carbonyl (C=O) groups is 2.